The quantitative estimate of drug-likeness (QED) is 0.476. The van der Waals surface area contributed by atoms with Gasteiger partial charge in [-0.2, -0.15) is 0 Å². The van der Waals surface area contributed by atoms with Crippen LogP contribution in [0.3, 0.4) is 0 Å². The molecule has 0 aliphatic rings. The van der Waals surface area contributed by atoms with E-state index in [9.17, 15) is 18.0 Å². The fourth-order valence-corrected chi connectivity index (χ4v) is 4.34. The first kappa shape index (κ1) is 28.0. The van der Waals surface area contributed by atoms with Crippen molar-refractivity contribution in [2.45, 2.75) is 46.3 Å². The Kier molecular flexibility index (Phi) is 9.94. The van der Waals surface area contributed by atoms with Gasteiger partial charge in [-0.05, 0) is 57.5 Å². The maximum absolute atomic E-state index is 13.6. The lowest BCUT2D eigenvalue weighted by molar-refractivity contribution is -0.139. The number of hydrogen-bond donors (Lipinski definition) is 1. The molecule has 192 valence electrons. The lowest BCUT2D eigenvalue weighted by Gasteiger charge is -2.32. The maximum Gasteiger partial charge on any atom is 0.244 e. The summed E-state index contributed by atoms with van der Waals surface area (Å²) < 4.78 is 37.4. The van der Waals surface area contributed by atoms with E-state index >= 15 is 0 Å². The predicted octanol–water partition coefficient (Wildman–Crippen LogP) is 2.80. The normalized spacial score (nSPS) is 12.1. The molecule has 2 rings (SSSR count). The van der Waals surface area contributed by atoms with Gasteiger partial charge in [-0.15, -0.1) is 0 Å². The lowest BCUT2D eigenvalue weighted by Crippen LogP contribution is -2.52. The maximum atomic E-state index is 13.6. The van der Waals surface area contributed by atoms with Crippen molar-refractivity contribution < 1.29 is 27.5 Å². The third kappa shape index (κ3) is 7.88. The Labute approximate surface area is 208 Å². The molecule has 0 saturated heterocycles. The van der Waals surface area contributed by atoms with E-state index in [-0.39, 0.29) is 24.2 Å². The molecule has 0 saturated carbocycles. The fourth-order valence-electron chi connectivity index (χ4n) is 3.49. The zero-order valence-electron chi connectivity index (χ0n) is 21.1. The van der Waals surface area contributed by atoms with Crippen molar-refractivity contribution >= 4 is 27.5 Å². The Morgan fingerprint density at radius 1 is 1.06 bits per heavy atom. The van der Waals surface area contributed by atoms with Gasteiger partial charge < -0.3 is 19.7 Å². The average molecular weight is 506 g/mol. The number of ether oxygens (including phenoxy) is 2. The Hall–Kier alpha value is -3.27. The molecule has 10 heteroatoms. The Morgan fingerprint density at radius 3 is 2.34 bits per heavy atom. The molecule has 0 aromatic heterocycles. The molecule has 0 aliphatic carbocycles. The first-order valence-electron chi connectivity index (χ1n) is 11.4. The largest absolute Gasteiger partial charge is 0.497 e. The van der Waals surface area contributed by atoms with Crippen LogP contribution in [0.25, 0.3) is 0 Å². The number of methoxy groups -OCH3 is 1. The smallest absolute Gasteiger partial charge is 0.244 e. The molecule has 0 spiro atoms. The number of nitrogens with one attached hydrogen (secondary N) is 1. The first-order chi connectivity index (χ1) is 16.5. The Bertz CT molecular complexity index is 1120. The minimum Gasteiger partial charge on any atom is -0.497 e. The van der Waals surface area contributed by atoms with E-state index in [4.69, 9.17) is 9.47 Å². The molecule has 0 bridgehead atoms. The minimum atomic E-state index is -3.85. The number of para-hydroxylation sites is 2. The van der Waals surface area contributed by atoms with Gasteiger partial charge in [-0.25, -0.2) is 8.42 Å². The number of sulfonamides is 1. The molecule has 0 fully saturated rings. The molecular formula is C25H35N3O6S. The molecule has 0 aliphatic heterocycles. The molecule has 1 atom stereocenters. The van der Waals surface area contributed by atoms with Gasteiger partial charge in [-0.3, -0.25) is 13.9 Å². The van der Waals surface area contributed by atoms with Crippen LogP contribution in [-0.4, -0.2) is 63.7 Å². The van der Waals surface area contributed by atoms with Crippen LogP contribution in [0.5, 0.6) is 11.5 Å². The lowest BCUT2D eigenvalue weighted by atomic mass is 10.1. The summed E-state index contributed by atoms with van der Waals surface area (Å²) in [6.45, 7) is 6.99. The van der Waals surface area contributed by atoms with Crippen LogP contribution < -0.4 is 19.1 Å². The van der Waals surface area contributed by atoms with Gasteiger partial charge in [0.15, 0.2) is 0 Å². The van der Waals surface area contributed by atoms with Crippen molar-refractivity contribution in [3.8, 4) is 11.5 Å². The van der Waals surface area contributed by atoms with E-state index in [2.05, 4.69) is 5.32 Å². The average Bonchev–Trinajstić information content (AvgIpc) is 2.80. The van der Waals surface area contributed by atoms with Gasteiger partial charge >= 0.3 is 0 Å². The SMILES string of the molecule is CCOc1ccccc1N(CC(=O)N(Cc1cccc(OC)c1)[C@H](C)C(=O)NC(C)C)S(C)(=O)=O. The van der Waals surface area contributed by atoms with Crippen molar-refractivity contribution in [1.82, 2.24) is 10.2 Å². The van der Waals surface area contributed by atoms with Crippen LogP contribution in [0.4, 0.5) is 5.69 Å². The van der Waals surface area contributed by atoms with Gasteiger partial charge in [0.2, 0.25) is 21.8 Å². The Balaban J connectivity index is 2.45. The van der Waals surface area contributed by atoms with Gasteiger partial charge in [0, 0.05) is 12.6 Å². The van der Waals surface area contributed by atoms with Gasteiger partial charge in [0.25, 0.3) is 0 Å². The second-order valence-electron chi connectivity index (χ2n) is 8.38. The van der Waals surface area contributed by atoms with Crippen LogP contribution in [0.1, 0.15) is 33.3 Å². The van der Waals surface area contributed by atoms with Crippen LogP contribution in [-0.2, 0) is 26.2 Å². The topological polar surface area (TPSA) is 105 Å². The zero-order valence-corrected chi connectivity index (χ0v) is 22.0. The number of rotatable bonds is 12. The summed E-state index contributed by atoms with van der Waals surface area (Å²) in [5, 5.41) is 2.82. The fraction of sp³-hybridized carbons (Fsp3) is 0.440. The molecule has 9 nitrogen and oxygen atoms in total. The summed E-state index contributed by atoms with van der Waals surface area (Å²) in [6, 6.07) is 12.8. The summed E-state index contributed by atoms with van der Waals surface area (Å²) in [5.41, 5.74) is 0.994. The van der Waals surface area contributed by atoms with Crippen LogP contribution >= 0.6 is 0 Å². The van der Waals surface area contributed by atoms with Gasteiger partial charge in [0.1, 0.15) is 24.1 Å². The number of benzene rings is 2. The summed E-state index contributed by atoms with van der Waals surface area (Å²) in [5.74, 6) is 0.0866. The van der Waals surface area contributed by atoms with Crippen molar-refractivity contribution in [2.24, 2.45) is 0 Å². The molecule has 2 amide bonds. The second-order valence-corrected chi connectivity index (χ2v) is 10.3. The molecule has 1 N–H and O–H groups in total. The number of nitrogens with zero attached hydrogens (tertiary/aromatic N) is 2. The van der Waals surface area contributed by atoms with Gasteiger partial charge in [-0.1, -0.05) is 24.3 Å². The molecule has 0 unspecified atom stereocenters. The first-order valence-corrected chi connectivity index (χ1v) is 13.2. The third-order valence-electron chi connectivity index (χ3n) is 5.20. The van der Waals surface area contributed by atoms with Crippen LogP contribution in [0, 0.1) is 0 Å². The van der Waals surface area contributed by atoms with Crippen molar-refractivity contribution in [3.63, 3.8) is 0 Å². The van der Waals surface area contributed by atoms with Gasteiger partial charge in [0.05, 0.1) is 25.7 Å². The highest BCUT2D eigenvalue weighted by atomic mass is 32.2. The molecule has 2 aromatic rings. The van der Waals surface area contributed by atoms with Crippen LogP contribution in [0.2, 0.25) is 0 Å². The summed E-state index contributed by atoms with van der Waals surface area (Å²) in [4.78, 5) is 27.8. The molecule has 2 aromatic carbocycles. The number of carbonyl (C=O) groups is 2. The second kappa shape index (κ2) is 12.4. The summed E-state index contributed by atoms with van der Waals surface area (Å²) in [6.07, 6.45) is 1.03. The highest BCUT2D eigenvalue weighted by molar-refractivity contribution is 7.92. The summed E-state index contributed by atoms with van der Waals surface area (Å²) in [7, 11) is -2.31. The number of amides is 2. The van der Waals surface area contributed by atoms with E-state index in [0.29, 0.717) is 18.1 Å². The van der Waals surface area contributed by atoms with E-state index in [0.717, 1.165) is 16.1 Å². The van der Waals surface area contributed by atoms with Crippen molar-refractivity contribution in [3.05, 3.63) is 54.1 Å². The van der Waals surface area contributed by atoms with Crippen molar-refractivity contribution in [1.29, 1.82) is 0 Å². The standard InChI is InChI=1S/C25H35N3O6S/c1-7-34-23-14-9-8-13-22(23)28(35(6,31)32)17-24(29)27(19(4)25(30)26-18(2)3)16-20-11-10-12-21(15-20)33-5/h8-15,18-19H,7,16-17H2,1-6H3,(H,26,30)/t19-/m1/s1. The molecule has 0 radical (unpaired) electrons. The van der Waals surface area contributed by atoms with E-state index < -0.39 is 28.5 Å². The molecule has 0 heterocycles. The third-order valence-corrected chi connectivity index (χ3v) is 6.32. The zero-order chi connectivity index (χ0) is 26.2. The monoisotopic (exact) mass is 505 g/mol. The van der Waals surface area contributed by atoms with Crippen LogP contribution in [0.15, 0.2) is 48.5 Å². The summed E-state index contributed by atoms with van der Waals surface area (Å²) >= 11 is 0. The predicted molar refractivity (Wildman–Crippen MR) is 136 cm³/mol. The van der Waals surface area contributed by atoms with E-state index in [1.165, 1.54) is 4.90 Å². The Morgan fingerprint density at radius 2 is 1.74 bits per heavy atom. The number of carbonyl (C=O) groups excluding carboxylic acids is 2. The van der Waals surface area contributed by atoms with E-state index in [1.807, 2.05) is 19.9 Å². The molecular weight excluding hydrogens is 470 g/mol. The van der Waals surface area contributed by atoms with Crippen molar-refractivity contribution in [2.75, 3.05) is 30.8 Å². The highest BCUT2D eigenvalue weighted by Gasteiger charge is 2.31. The minimum absolute atomic E-state index is 0.0907. The molecule has 35 heavy (non-hydrogen) atoms. The number of anilines is 1. The van der Waals surface area contributed by atoms with E-state index in [1.54, 1.807) is 63.4 Å². The highest BCUT2D eigenvalue weighted by Crippen LogP contribution is 2.30. The number of hydrogen-bond acceptors (Lipinski definition) is 6.